The van der Waals surface area contributed by atoms with Crippen molar-refractivity contribution in [2.75, 3.05) is 19.7 Å². The van der Waals surface area contributed by atoms with Gasteiger partial charge in [-0.25, -0.2) is 0 Å². The Balaban J connectivity index is 2.50. The zero-order valence-corrected chi connectivity index (χ0v) is 18.7. The van der Waals surface area contributed by atoms with E-state index >= 15 is 0 Å². The van der Waals surface area contributed by atoms with Gasteiger partial charge in [0.2, 0.25) is 5.91 Å². The Morgan fingerprint density at radius 2 is 1.81 bits per heavy atom. The summed E-state index contributed by atoms with van der Waals surface area (Å²) in [6, 6.07) is 6.21. The number of benzene rings is 1. The topological polar surface area (TPSA) is 41.6 Å². The largest absolute Gasteiger partial charge is 0.493 e. The molecule has 0 atom stereocenters. The average molecular weight is 393 g/mol. The van der Waals surface area contributed by atoms with E-state index in [0.29, 0.717) is 11.7 Å². The molecule has 0 aliphatic rings. The molecule has 1 rings (SSSR count). The van der Waals surface area contributed by atoms with Gasteiger partial charge < -0.3 is 15.0 Å². The monoisotopic (exact) mass is 392 g/mol. The molecule has 0 aliphatic heterocycles. The SMILES string of the molecule is CCCN(CCC)C(=S)NC(=O)C(C)(C)CCCOc1cc(C)ccc1C. The molecule has 1 amide bonds. The van der Waals surface area contributed by atoms with Crippen molar-refractivity contribution in [1.29, 1.82) is 0 Å². The highest BCUT2D eigenvalue weighted by molar-refractivity contribution is 7.80. The van der Waals surface area contributed by atoms with Crippen LogP contribution in [0.15, 0.2) is 18.2 Å². The van der Waals surface area contributed by atoms with Gasteiger partial charge in [-0.05, 0) is 68.9 Å². The van der Waals surface area contributed by atoms with E-state index < -0.39 is 5.41 Å². The first-order valence-corrected chi connectivity index (χ1v) is 10.4. The summed E-state index contributed by atoms with van der Waals surface area (Å²) in [6.45, 7) is 14.6. The summed E-state index contributed by atoms with van der Waals surface area (Å²) in [4.78, 5) is 14.8. The molecule has 0 bridgehead atoms. The fourth-order valence-electron chi connectivity index (χ4n) is 2.87. The van der Waals surface area contributed by atoms with Crippen LogP contribution in [0.4, 0.5) is 0 Å². The lowest BCUT2D eigenvalue weighted by Crippen LogP contribution is -2.47. The van der Waals surface area contributed by atoms with Crippen LogP contribution in [0.25, 0.3) is 0 Å². The van der Waals surface area contributed by atoms with Gasteiger partial charge in [-0.3, -0.25) is 4.79 Å². The van der Waals surface area contributed by atoms with Crippen LogP contribution in [0.1, 0.15) is 64.5 Å². The van der Waals surface area contributed by atoms with Crippen LogP contribution in [-0.2, 0) is 4.79 Å². The average Bonchev–Trinajstić information content (AvgIpc) is 2.61. The van der Waals surface area contributed by atoms with E-state index in [1.54, 1.807) is 0 Å². The van der Waals surface area contributed by atoms with Gasteiger partial charge in [0.15, 0.2) is 5.11 Å². The van der Waals surface area contributed by atoms with E-state index in [4.69, 9.17) is 17.0 Å². The number of amides is 1. The standard InChI is InChI=1S/C22H36N2O2S/c1-7-13-24(14-8-2)21(27)23-20(25)22(5,6)12-9-15-26-19-16-17(3)10-11-18(19)4/h10-11,16H,7-9,12-15H2,1-6H3,(H,23,25,27). The number of aryl methyl sites for hydroxylation is 2. The van der Waals surface area contributed by atoms with Crippen molar-refractivity contribution in [2.45, 2.75) is 67.2 Å². The second-order valence-electron chi connectivity index (χ2n) is 7.85. The van der Waals surface area contributed by atoms with E-state index in [0.717, 1.165) is 50.1 Å². The van der Waals surface area contributed by atoms with Crippen molar-refractivity contribution in [2.24, 2.45) is 5.41 Å². The molecule has 0 heterocycles. The number of carbonyl (C=O) groups excluding carboxylic acids is 1. The summed E-state index contributed by atoms with van der Waals surface area (Å²) >= 11 is 5.45. The summed E-state index contributed by atoms with van der Waals surface area (Å²) < 4.78 is 5.91. The van der Waals surface area contributed by atoms with Gasteiger partial charge in [-0.1, -0.05) is 39.8 Å². The number of nitrogens with zero attached hydrogens (tertiary/aromatic N) is 1. The first-order valence-electron chi connectivity index (χ1n) is 10.0. The van der Waals surface area contributed by atoms with E-state index in [-0.39, 0.29) is 5.91 Å². The van der Waals surface area contributed by atoms with Gasteiger partial charge in [0.1, 0.15) is 5.75 Å². The minimum absolute atomic E-state index is 0.0172. The third-order valence-electron chi connectivity index (χ3n) is 4.66. The van der Waals surface area contributed by atoms with Crippen LogP contribution in [0.5, 0.6) is 5.75 Å². The van der Waals surface area contributed by atoms with Crippen molar-refractivity contribution >= 4 is 23.2 Å². The predicted molar refractivity (Wildman–Crippen MR) is 117 cm³/mol. The lowest BCUT2D eigenvalue weighted by Gasteiger charge is -2.28. The molecular weight excluding hydrogens is 356 g/mol. The lowest BCUT2D eigenvalue weighted by atomic mass is 9.87. The van der Waals surface area contributed by atoms with Gasteiger partial charge in [-0.2, -0.15) is 0 Å². The zero-order chi connectivity index (χ0) is 20.4. The first-order chi connectivity index (χ1) is 12.7. The van der Waals surface area contributed by atoms with Crippen LogP contribution in [-0.4, -0.2) is 35.6 Å². The second-order valence-corrected chi connectivity index (χ2v) is 8.24. The highest BCUT2D eigenvalue weighted by Gasteiger charge is 2.28. The highest BCUT2D eigenvalue weighted by atomic mass is 32.1. The molecule has 4 nitrogen and oxygen atoms in total. The van der Waals surface area contributed by atoms with Crippen LogP contribution in [0.2, 0.25) is 0 Å². The fraction of sp³-hybridized carbons (Fsp3) is 0.636. The minimum Gasteiger partial charge on any atom is -0.493 e. The Bertz CT molecular complexity index is 623. The van der Waals surface area contributed by atoms with Crippen molar-refractivity contribution in [3.8, 4) is 5.75 Å². The molecule has 1 aromatic carbocycles. The highest BCUT2D eigenvalue weighted by Crippen LogP contribution is 2.24. The molecule has 0 saturated carbocycles. The van der Waals surface area contributed by atoms with Crippen LogP contribution >= 0.6 is 12.2 Å². The fourth-order valence-corrected chi connectivity index (χ4v) is 3.15. The maximum Gasteiger partial charge on any atom is 0.231 e. The molecular formula is C22H36N2O2S. The zero-order valence-electron chi connectivity index (χ0n) is 17.9. The third kappa shape index (κ3) is 7.87. The van der Waals surface area contributed by atoms with Crippen LogP contribution < -0.4 is 10.1 Å². The quantitative estimate of drug-likeness (QED) is 0.449. The molecule has 5 heteroatoms. The number of ether oxygens (including phenoxy) is 1. The summed E-state index contributed by atoms with van der Waals surface area (Å²) in [5, 5.41) is 3.49. The molecule has 27 heavy (non-hydrogen) atoms. The van der Waals surface area contributed by atoms with Gasteiger partial charge in [0, 0.05) is 18.5 Å². The summed E-state index contributed by atoms with van der Waals surface area (Å²) in [7, 11) is 0. The molecule has 0 radical (unpaired) electrons. The Labute approximate surface area is 170 Å². The van der Waals surface area contributed by atoms with Crippen LogP contribution in [0.3, 0.4) is 0 Å². The number of hydrogen-bond acceptors (Lipinski definition) is 3. The van der Waals surface area contributed by atoms with E-state index in [1.165, 1.54) is 5.56 Å². The molecule has 0 fully saturated rings. The van der Waals surface area contributed by atoms with E-state index in [9.17, 15) is 4.79 Å². The molecule has 0 unspecified atom stereocenters. The lowest BCUT2D eigenvalue weighted by molar-refractivity contribution is -0.128. The van der Waals surface area contributed by atoms with Gasteiger partial charge in [0.25, 0.3) is 0 Å². The summed E-state index contributed by atoms with van der Waals surface area (Å²) in [6.07, 6.45) is 3.58. The molecule has 0 aromatic heterocycles. The van der Waals surface area contributed by atoms with Gasteiger partial charge >= 0.3 is 0 Å². The molecule has 0 spiro atoms. The summed E-state index contributed by atoms with van der Waals surface area (Å²) in [5.74, 6) is 0.907. The van der Waals surface area contributed by atoms with Crippen molar-refractivity contribution < 1.29 is 9.53 Å². The molecule has 1 N–H and O–H groups in total. The maximum atomic E-state index is 12.7. The van der Waals surface area contributed by atoms with Crippen molar-refractivity contribution in [1.82, 2.24) is 10.2 Å². The van der Waals surface area contributed by atoms with E-state index in [2.05, 4.69) is 49.2 Å². The molecule has 0 saturated heterocycles. The maximum absolute atomic E-state index is 12.7. The van der Waals surface area contributed by atoms with Crippen molar-refractivity contribution in [3.05, 3.63) is 29.3 Å². The Kier molecular flexibility index (Phi) is 9.78. The number of nitrogens with one attached hydrogen (secondary N) is 1. The molecule has 1 aromatic rings. The Morgan fingerprint density at radius 1 is 1.19 bits per heavy atom. The van der Waals surface area contributed by atoms with Crippen molar-refractivity contribution in [3.63, 3.8) is 0 Å². The Hall–Kier alpha value is -1.62. The number of rotatable bonds is 10. The minimum atomic E-state index is -0.487. The normalized spacial score (nSPS) is 11.2. The second kappa shape index (κ2) is 11.3. The van der Waals surface area contributed by atoms with E-state index in [1.807, 2.05) is 20.8 Å². The smallest absolute Gasteiger partial charge is 0.231 e. The van der Waals surface area contributed by atoms with Crippen LogP contribution in [0, 0.1) is 19.3 Å². The van der Waals surface area contributed by atoms with Gasteiger partial charge in [0.05, 0.1) is 6.61 Å². The molecule has 0 aliphatic carbocycles. The number of thiocarbonyl (C=S) groups is 1. The Morgan fingerprint density at radius 3 is 2.41 bits per heavy atom. The number of carbonyl (C=O) groups is 1. The molecule has 152 valence electrons. The summed E-state index contributed by atoms with van der Waals surface area (Å²) in [5.41, 5.74) is 1.83. The third-order valence-corrected chi connectivity index (χ3v) is 5.02. The van der Waals surface area contributed by atoms with Gasteiger partial charge in [-0.15, -0.1) is 0 Å². The predicted octanol–water partition coefficient (Wildman–Crippen LogP) is 5.01. The first kappa shape index (κ1) is 23.4. The number of hydrogen-bond donors (Lipinski definition) is 1.